The van der Waals surface area contributed by atoms with Crippen LogP contribution < -0.4 is 24.3 Å². The summed E-state index contributed by atoms with van der Waals surface area (Å²) in [5, 5.41) is 3.08. The van der Waals surface area contributed by atoms with E-state index in [0.717, 1.165) is 5.56 Å². The zero-order valence-corrected chi connectivity index (χ0v) is 19.0. The first-order valence-electron chi connectivity index (χ1n) is 10.5. The number of hydrogen-bond donors (Lipinski definition) is 1. The average molecular weight is 443 g/mol. The number of amides is 2. The molecular formula is C24H30N2O6. The Kier molecular flexibility index (Phi) is 7.81. The monoisotopic (exact) mass is 442 g/mol. The molecule has 8 nitrogen and oxygen atoms in total. The molecule has 2 aromatic rings. The maximum Gasteiger partial charge on any atom is 0.254 e. The van der Waals surface area contributed by atoms with Gasteiger partial charge in [-0.1, -0.05) is 6.07 Å². The van der Waals surface area contributed by atoms with Gasteiger partial charge >= 0.3 is 0 Å². The van der Waals surface area contributed by atoms with Crippen molar-refractivity contribution in [2.24, 2.45) is 0 Å². The molecule has 1 aliphatic heterocycles. The Morgan fingerprint density at radius 2 is 1.50 bits per heavy atom. The second-order valence-electron chi connectivity index (χ2n) is 7.60. The lowest BCUT2D eigenvalue weighted by Crippen LogP contribution is -2.46. The summed E-state index contributed by atoms with van der Waals surface area (Å²) in [7, 11) is 6.25. The van der Waals surface area contributed by atoms with Gasteiger partial charge in [0.15, 0.2) is 11.5 Å². The van der Waals surface area contributed by atoms with E-state index in [-0.39, 0.29) is 24.3 Å². The molecule has 0 saturated carbocycles. The van der Waals surface area contributed by atoms with Crippen LogP contribution in [-0.2, 0) is 11.2 Å². The van der Waals surface area contributed by atoms with Crippen molar-refractivity contribution >= 4 is 11.8 Å². The molecule has 0 radical (unpaired) electrons. The Morgan fingerprint density at radius 3 is 2.06 bits per heavy atom. The molecule has 0 spiro atoms. The minimum absolute atomic E-state index is 0.0338. The van der Waals surface area contributed by atoms with Gasteiger partial charge in [0.05, 0.1) is 34.9 Å². The Balaban J connectivity index is 1.53. The predicted octanol–water partition coefficient (Wildman–Crippen LogP) is 2.68. The number of methoxy groups -OCH3 is 4. The Hall–Kier alpha value is -3.42. The second-order valence-corrected chi connectivity index (χ2v) is 7.60. The van der Waals surface area contributed by atoms with Gasteiger partial charge in [0.2, 0.25) is 5.91 Å². The van der Waals surface area contributed by atoms with Gasteiger partial charge in [0.1, 0.15) is 11.5 Å². The summed E-state index contributed by atoms with van der Waals surface area (Å²) in [6.07, 6.45) is 1.65. The summed E-state index contributed by atoms with van der Waals surface area (Å²) in [5.74, 6) is 2.24. The molecule has 0 aromatic heterocycles. The highest BCUT2D eigenvalue weighted by atomic mass is 16.5. The number of carbonyl (C=O) groups excluding carboxylic acids is 2. The van der Waals surface area contributed by atoms with E-state index in [1.54, 1.807) is 57.6 Å². The summed E-state index contributed by atoms with van der Waals surface area (Å²) < 4.78 is 21.0. The third-order valence-electron chi connectivity index (χ3n) is 5.56. The van der Waals surface area contributed by atoms with Crippen molar-refractivity contribution in [3.63, 3.8) is 0 Å². The van der Waals surface area contributed by atoms with Crippen molar-refractivity contribution in [1.82, 2.24) is 10.2 Å². The van der Waals surface area contributed by atoms with Crippen LogP contribution in [-0.4, -0.2) is 64.3 Å². The van der Waals surface area contributed by atoms with E-state index in [2.05, 4.69) is 5.32 Å². The highest BCUT2D eigenvalue weighted by Gasteiger charge is 2.25. The lowest BCUT2D eigenvalue weighted by Gasteiger charge is -2.32. The van der Waals surface area contributed by atoms with E-state index in [4.69, 9.17) is 18.9 Å². The first-order chi connectivity index (χ1) is 15.5. The molecule has 0 atom stereocenters. The number of piperidine rings is 1. The number of nitrogens with one attached hydrogen (secondary N) is 1. The summed E-state index contributed by atoms with van der Waals surface area (Å²) in [5.41, 5.74) is 1.37. The zero-order valence-electron chi connectivity index (χ0n) is 19.0. The number of ether oxygens (including phenoxy) is 4. The molecule has 1 N–H and O–H groups in total. The Labute approximate surface area is 188 Å². The maximum absolute atomic E-state index is 12.9. The van der Waals surface area contributed by atoms with Crippen molar-refractivity contribution in [1.29, 1.82) is 0 Å². The quantitative estimate of drug-likeness (QED) is 0.677. The van der Waals surface area contributed by atoms with Gasteiger partial charge in [-0.3, -0.25) is 9.59 Å². The lowest BCUT2D eigenvalue weighted by atomic mass is 10.0. The van der Waals surface area contributed by atoms with Crippen molar-refractivity contribution in [2.75, 3.05) is 41.5 Å². The van der Waals surface area contributed by atoms with Crippen molar-refractivity contribution in [3.8, 4) is 23.0 Å². The predicted molar refractivity (Wildman–Crippen MR) is 120 cm³/mol. The Bertz CT molecular complexity index is 931. The standard InChI is InChI=1S/C24H30N2O6/c1-29-19-13-17(14-20(15-19)30-2)24(28)26-9-7-18(8-10-26)25-23(27)12-16-5-6-21(31-3)22(11-16)32-4/h5-6,11,13-15,18H,7-10,12H2,1-4H3,(H,25,27). The normalized spacial score (nSPS) is 13.9. The van der Waals surface area contributed by atoms with E-state index >= 15 is 0 Å². The third kappa shape index (κ3) is 5.63. The molecule has 1 fully saturated rings. The Morgan fingerprint density at radius 1 is 0.875 bits per heavy atom. The molecule has 172 valence electrons. The van der Waals surface area contributed by atoms with Gasteiger partial charge in [0, 0.05) is 30.8 Å². The third-order valence-corrected chi connectivity index (χ3v) is 5.56. The number of carbonyl (C=O) groups is 2. The van der Waals surface area contributed by atoms with Gasteiger partial charge in [-0.2, -0.15) is 0 Å². The van der Waals surface area contributed by atoms with Gasteiger partial charge in [0.25, 0.3) is 5.91 Å². The number of nitrogens with zero attached hydrogens (tertiary/aromatic N) is 1. The van der Waals surface area contributed by atoms with E-state index in [1.807, 2.05) is 12.1 Å². The van der Waals surface area contributed by atoms with Crippen molar-refractivity contribution in [3.05, 3.63) is 47.5 Å². The van der Waals surface area contributed by atoms with Gasteiger partial charge in [-0.25, -0.2) is 0 Å². The highest BCUT2D eigenvalue weighted by molar-refractivity contribution is 5.95. The molecular weight excluding hydrogens is 412 g/mol. The van der Waals surface area contributed by atoms with Crippen LogP contribution in [0.2, 0.25) is 0 Å². The van der Waals surface area contributed by atoms with Crippen LogP contribution in [0.25, 0.3) is 0 Å². The fraction of sp³-hybridized carbons (Fsp3) is 0.417. The summed E-state index contributed by atoms with van der Waals surface area (Å²) in [6.45, 7) is 1.14. The van der Waals surface area contributed by atoms with Crippen molar-refractivity contribution in [2.45, 2.75) is 25.3 Å². The number of hydrogen-bond acceptors (Lipinski definition) is 6. The molecule has 32 heavy (non-hydrogen) atoms. The van der Waals surface area contributed by atoms with Crippen molar-refractivity contribution < 1.29 is 28.5 Å². The van der Waals surface area contributed by atoms with Gasteiger partial charge < -0.3 is 29.2 Å². The molecule has 3 rings (SSSR count). The van der Waals surface area contributed by atoms with Crippen LogP contribution in [0.3, 0.4) is 0 Å². The zero-order chi connectivity index (χ0) is 23.1. The highest BCUT2D eigenvalue weighted by Crippen LogP contribution is 2.28. The number of likely N-dealkylation sites (tertiary alicyclic amines) is 1. The van der Waals surface area contributed by atoms with E-state index in [0.29, 0.717) is 54.5 Å². The number of rotatable bonds is 8. The molecule has 1 heterocycles. The minimum atomic E-state index is -0.0719. The van der Waals surface area contributed by atoms with E-state index in [1.165, 1.54) is 0 Å². The van der Waals surface area contributed by atoms with Crippen LogP contribution in [0.15, 0.2) is 36.4 Å². The van der Waals surface area contributed by atoms with Crippen LogP contribution in [0.4, 0.5) is 0 Å². The first-order valence-corrected chi connectivity index (χ1v) is 10.5. The molecule has 2 amide bonds. The van der Waals surface area contributed by atoms with Gasteiger partial charge in [-0.15, -0.1) is 0 Å². The largest absolute Gasteiger partial charge is 0.497 e. The van der Waals surface area contributed by atoms with Crippen LogP contribution >= 0.6 is 0 Å². The lowest BCUT2D eigenvalue weighted by molar-refractivity contribution is -0.121. The van der Waals surface area contributed by atoms with Gasteiger partial charge in [-0.05, 0) is 42.7 Å². The molecule has 0 unspecified atom stereocenters. The topological polar surface area (TPSA) is 86.3 Å². The van der Waals surface area contributed by atoms with E-state index < -0.39 is 0 Å². The van der Waals surface area contributed by atoms with Crippen LogP contribution in [0.5, 0.6) is 23.0 Å². The van der Waals surface area contributed by atoms with Crippen LogP contribution in [0, 0.1) is 0 Å². The molecule has 0 aliphatic carbocycles. The molecule has 8 heteroatoms. The first kappa shape index (κ1) is 23.2. The molecule has 2 aromatic carbocycles. The second kappa shape index (κ2) is 10.7. The summed E-state index contributed by atoms with van der Waals surface area (Å²) in [4.78, 5) is 27.2. The van der Waals surface area contributed by atoms with E-state index in [9.17, 15) is 9.59 Å². The fourth-order valence-electron chi connectivity index (χ4n) is 3.80. The minimum Gasteiger partial charge on any atom is -0.497 e. The SMILES string of the molecule is COc1cc(OC)cc(C(=O)N2CCC(NC(=O)Cc3ccc(OC)c(OC)c3)CC2)c1. The number of benzene rings is 2. The molecule has 1 saturated heterocycles. The average Bonchev–Trinajstić information content (AvgIpc) is 2.83. The fourth-order valence-corrected chi connectivity index (χ4v) is 3.80. The smallest absolute Gasteiger partial charge is 0.254 e. The van der Waals surface area contributed by atoms with Crippen LogP contribution in [0.1, 0.15) is 28.8 Å². The molecule has 1 aliphatic rings. The summed E-state index contributed by atoms with van der Waals surface area (Å²) >= 11 is 0. The maximum atomic E-state index is 12.9. The summed E-state index contributed by atoms with van der Waals surface area (Å²) in [6, 6.07) is 10.6. The molecule has 0 bridgehead atoms.